The number of aryl methyl sites for hydroxylation is 2. The van der Waals surface area contributed by atoms with Crippen molar-refractivity contribution in [3.63, 3.8) is 0 Å². The van der Waals surface area contributed by atoms with E-state index < -0.39 is 0 Å². The second-order valence-corrected chi connectivity index (χ2v) is 8.51. The molecule has 0 unspecified atom stereocenters. The minimum atomic E-state index is -0.293. The molecule has 31 heavy (non-hydrogen) atoms. The van der Waals surface area contributed by atoms with Gasteiger partial charge in [-0.25, -0.2) is 0 Å². The molecule has 4 heterocycles. The van der Waals surface area contributed by atoms with Crippen LogP contribution >= 0.6 is 45.7 Å². The Kier molecular flexibility index (Phi) is 7.04. The Morgan fingerprint density at radius 3 is 1.13 bits per heavy atom. The molecule has 0 radical (unpaired) electrons. The first kappa shape index (κ1) is 25.4. The van der Waals surface area contributed by atoms with Crippen LogP contribution in [0.4, 0.5) is 0 Å². The molecule has 8 nitrogen and oxygen atoms in total. The summed E-state index contributed by atoms with van der Waals surface area (Å²) in [6, 6.07) is 0. The summed E-state index contributed by atoms with van der Waals surface area (Å²) in [6.07, 6.45) is 0. The first-order chi connectivity index (χ1) is 13.6. The summed E-state index contributed by atoms with van der Waals surface area (Å²) in [6.45, 7) is 10.6. The third-order valence-corrected chi connectivity index (χ3v) is 6.98. The number of hydrogen-bond donors (Lipinski definition) is 0. The number of rotatable bonds is 4. The minimum Gasteiger partial charge on any atom is -0.267 e. The lowest BCUT2D eigenvalue weighted by Gasteiger charge is -2.06. The molecule has 11 heteroatoms. The fraction of sp³-hybridized carbons (Fsp3) is 0.400. The molecule has 4 rings (SSSR count). The van der Waals surface area contributed by atoms with Crippen molar-refractivity contribution in [1.82, 2.24) is 18.1 Å². The molecule has 0 bridgehead atoms. The lowest BCUT2D eigenvalue weighted by Crippen LogP contribution is -2.23. The molecule has 4 aromatic rings. The molecular weight excluding hydrogens is 552 g/mol. The topological polar surface area (TPSA) is 85.9 Å². The zero-order chi connectivity index (χ0) is 21.4. The van der Waals surface area contributed by atoms with Gasteiger partial charge in [-0.1, -0.05) is 0 Å². The van der Waals surface area contributed by atoms with Crippen LogP contribution in [-0.4, -0.2) is 18.1 Å². The fourth-order valence-electron chi connectivity index (χ4n) is 3.90. The van der Waals surface area contributed by atoms with Crippen LogP contribution in [0.3, 0.4) is 0 Å². The fourth-order valence-corrected chi connectivity index (χ4v) is 5.07. The van der Waals surface area contributed by atoms with E-state index in [0.29, 0.717) is 33.8 Å². The van der Waals surface area contributed by atoms with Crippen LogP contribution in [0.5, 0.6) is 0 Å². The van der Waals surface area contributed by atoms with Crippen LogP contribution in [0.2, 0.25) is 0 Å². The summed E-state index contributed by atoms with van der Waals surface area (Å²) in [7, 11) is 0. The second kappa shape index (κ2) is 8.59. The summed E-state index contributed by atoms with van der Waals surface area (Å²) in [5, 5.41) is 0. The minimum absolute atomic E-state index is 0. The first-order valence-electron chi connectivity index (χ1n) is 9.29. The Balaban J connectivity index is 0.00000171. The van der Waals surface area contributed by atoms with Crippen LogP contribution < -0.4 is 22.2 Å². The van der Waals surface area contributed by atoms with E-state index in [2.05, 4.69) is 0 Å². The molecule has 0 atom stereocenters. The number of aromatic nitrogens is 4. The van der Waals surface area contributed by atoms with Crippen LogP contribution in [0.15, 0.2) is 19.2 Å². The molecule has 0 aliphatic rings. The Labute approximate surface area is 202 Å². The van der Waals surface area contributed by atoms with Crippen molar-refractivity contribution in [1.29, 1.82) is 0 Å². The van der Waals surface area contributed by atoms with Gasteiger partial charge in [0.2, 0.25) is 0 Å². The molecule has 0 N–H and O–H groups in total. The molecule has 0 aliphatic carbocycles. The largest absolute Gasteiger partial charge is 0.277 e. The van der Waals surface area contributed by atoms with E-state index in [-0.39, 0.29) is 56.2 Å². The summed E-state index contributed by atoms with van der Waals surface area (Å²) in [4.78, 5) is 49.8. The van der Waals surface area contributed by atoms with Crippen molar-refractivity contribution in [3.05, 3.63) is 86.4 Å². The molecule has 0 amide bonds. The lowest BCUT2D eigenvalue weighted by molar-refractivity contribution is 0.762. The van der Waals surface area contributed by atoms with Gasteiger partial charge in [-0.2, -0.15) is 9.03 Å². The van der Waals surface area contributed by atoms with Gasteiger partial charge in [-0.15, -0.1) is 45.7 Å². The third-order valence-electron chi connectivity index (χ3n) is 6.03. The maximum absolute atomic E-state index is 12.5. The van der Waals surface area contributed by atoms with Gasteiger partial charge in [0, 0.05) is 45.1 Å². The highest BCUT2D eigenvalue weighted by Crippen LogP contribution is 2.22. The van der Waals surface area contributed by atoms with E-state index in [1.807, 2.05) is 13.8 Å². The van der Waals surface area contributed by atoms with Gasteiger partial charge in [-0.3, -0.25) is 28.2 Å². The average molecular weight is 576 g/mol. The number of hydrogen-bond acceptors (Lipinski definition) is 5. The number of nitrogens with zero attached hydrogens (tertiary/aromatic N) is 4. The molecule has 168 valence electrons. The van der Waals surface area contributed by atoms with Crippen LogP contribution in [0, 0.1) is 41.5 Å². The van der Waals surface area contributed by atoms with E-state index in [1.165, 1.54) is 9.03 Å². The van der Waals surface area contributed by atoms with Gasteiger partial charge in [0.1, 0.15) is 0 Å². The SMILES string of the molecule is Br.Br.Cc1c(C)n2c(CSCc3c(C)c(=O)n4c(=O)c(C)c(C)n34)c(C)c(=O)n2c1=O. The molecule has 0 saturated heterocycles. The quantitative estimate of drug-likeness (QED) is 0.372. The smallest absolute Gasteiger partial charge is 0.267 e. The lowest BCUT2D eigenvalue weighted by atomic mass is 10.2. The van der Waals surface area contributed by atoms with E-state index >= 15 is 0 Å². The Morgan fingerprint density at radius 1 is 0.516 bits per heavy atom. The van der Waals surface area contributed by atoms with E-state index in [0.717, 1.165) is 22.8 Å². The number of fused-ring (bicyclic) bond motifs is 2. The van der Waals surface area contributed by atoms with Crippen molar-refractivity contribution in [3.8, 4) is 0 Å². The van der Waals surface area contributed by atoms with E-state index in [4.69, 9.17) is 0 Å². The van der Waals surface area contributed by atoms with Gasteiger partial charge < -0.3 is 0 Å². The van der Waals surface area contributed by atoms with Crippen LogP contribution in [-0.2, 0) is 11.5 Å². The molecule has 0 spiro atoms. The predicted octanol–water partition coefficient (Wildman–Crippen LogP) is 2.15. The van der Waals surface area contributed by atoms with Crippen molar-refractivity contribution in [2.45, 2.75) is 53.0 Å². The number of halogens is 2. The summed E-state index contributed by atoms with van der Waals surface area (Å²) < 4.78 is 5.78. The molecule has 0 fully saturated rings. The van der Waals surface area contributed by atoms with Crippen molar-refractivity contribution >= 4 is 45.7 Å². The van der Waals surface area contributed by atoms with Crippen molar-refractivity contribution < 1.29 is 0 Å². The molecule has 4 aromatic heterocycles. The van der Waals surface area contributed by atoms with Crippen LogP contribution in [0.25, 0.3) is 0 Å². The average Bonchev–Trinajstić information content (AvgIpc) is 3.26. The normalized spacial score (nSPS) is 11.3. The summed E-state index contributed by atoms with van der Waals surface area (Å²) >= 11 is 1.54. The monoisotopic (exact) mass is 574 g/mol. The van der Waals surface area contributed by atoms with Gasteiger partial charge in [0.25, 0.3) is 22.2 Å². The first-order valence-corrected chi connectivity index (χ1v) is 10.4. The standard InChI is InChI=1S/C20H22N4O4S.2BrH/c1-9-13(5)21-15(11(3)19(27)23(21)17(9)25)7-29-8-16-12(4)20(28)24-18(26)10(2)14(6)22(16)24;;/h7-8H2,1-6H3;2*1H. The molecule has 0 aliphatic heterocycles. The Hall–Kier alpha value is -1.85. The van der Waals surface area contributed by atoms with Gasteiger partial charge in [-0.05, 0) is 41.5 Å². The maximum Gasteiger partial charge on any atom is 0.277 e. The van der Waals surface area contributed by atoms with Gasteiger partial charge in [0.05, 0.1) is 11.4 Å². The molecule has 0 aromatic carbocycles. The predicted molar refractivity (Wildman–Crippen MR) is 133 cm³/mol. The van der Waals surface area contributed by atoms with E-state index in [9.17, 15) is 19.2 Å². The van der Waals surface area contributed by atoms with Crippen molar-refractivity contribution in [2.24, 2.45) is 0 Å². The highest BCUT2D eigenvalue weighted by atomic mass is 79.9. The van der Waals surface area contributed by atoms with E-state index in [1.54, 1.807) is 48.5 Å². The van der Waals surface area contributed by atoms with Crippen molar-refractivity contribution in [2.75, 3.05) is 0 Å². The molecule has 0 saturated carbocycles. The summed E-state index contributed by atoms with van der Waals surface area (Å²) in [5.41, 5.74) is 4.16. The molecular formula is C20H24Br2N4O4S. The zero-order valence-corrected chi connectivity index (χ0v) is 22.3. The van der Waals surface area contributed by atoms with Gasteiger partial charge >= 0.3 is 0 Å². The Morgan fingerprint density at radius 2 is 0.806 bits per heavy atom. The highest BCUT2D eigenvalue weighted by molar-refractivity contribution is 8.93. The third kappa shape index (κ3) is 3.32. The summed E-state index contributed by atoms with van der Waals surface area (Å²) in [5.74, 6) is 1.00. The maximum atomic E-state index is 12.5. The highest BCUT2D eigenvalue weighted by Gasteiger charge is 2.22. The number of thioether (sulfide) groups is 1. The Bertz CT molecular complexity index is 1420. The second-order valence-electron chi connectivity index (χ2n) is 7.52. The zero-order valence-electron chi connectivity index (χ0n) is 18.1. The van der Waals surface area contributed by atoms with Gasteiger partial charge in [0.15, 0.2) is 0 Å². The van der Waals surface area contributed by atoms with Crippen LogP contribution in [0.1, 0.15) is 45.0 Å².